The fourth-order valence-corrected chi connectivity index (χ4v) is 4.40. The second-order valence-electron chi connectivity index (χ2n) is 7.73. The van der Waals surface area contributed by atoms with Crippen LogP contribution >= 0.6 is 0 Å². The number of urea groups is 1. The molecular formula is C21H30N4O. The maximum absolute atomic E-state index is 12.9. The Morgan fingerprint density at radius 1 is 1.08 bits per heavy atom. The van der Waals surface area contributed by atoms with Gasteiger partial charge in [-0.2, -0.15) is 0 Å². The number of benzene rings is 1. The van der Waals surface area contributed by atoms with Gasteiger partial charge in [0.05, 0.1) is 6.04 Å². The third kappa shape index (κ3) is 4.10. The van der Waals surface area contributed by atoms with Crippen LogP contribution in [-0.2, 0) is 0 Å². The number of nitrogens with one attached hydrogen (secondary N) is 1. The molecule has 0 bridgehead atoms. The second-order valence-corrected chi connectivity index (χ2v) is 7.73. The van der Waals surface area contributed by atoms with Gasteiger partial charge in [-0.1, -0.05) is 42.5 Å². The van der Waals surface area contributed by atoms with E-state index in [0.717, 1.165) is 52.2 Å². The number of rotatable bonds is 5. The van der Waals surface area contributed by atoms with Gasteiger partial charge in [0.2, 0.25) is 0 Å². The molecule has 1 N–H and O–H groups in total. The first kappa shape index (κ1) is 17.6. The first-order chi connectivity index (χ1) is 12.8. The standard InChI is InChI=1S/C21H30N4O/c26-21(25-15-10-19(16-25)24-13-6-7-14-24)22-20(17-23-11-4-5-12-23)18-8-2-1-3-9-18/h1-3,6-9,19-20H,4-5,10-17H2,(H,22,26)/t19-,20+/m0/s1. The zero-order valence-corrected chi connectivity index (χ0v) is 15.5. The normalized spacial score (nSPS) is 25.1. The highest BCUT2D eigenvalue weighted by atomic mass is 16.2. The molecule has 5 nitrogen and oxygen atoms in total. The lowest BCUT2D eigenvalue weighted by atomic mass is 10.1. The van der Waals surface area contributed by atoms with E-state index in [9.17, 15) is 4.79 Å². The van der Waals surface area contributed by atoms with Crippen molar-refractivity contribution >= 4 is 6.03 Å². The van der Waals surface area contributed by atoms with E-state index in [1.807, 2.05) is 11.0 Å². The summed E-state index contributed by atoms with van der Waals surface area (Å²) in [5.41, 5.74) is 1.20. The van der Waals surface area contributed by atoms with Crippen LogP contribution in [0.4, 0.5) is 4.79 Å². The van der Waals surface area contributed by atoms with Crippen molar-refractivity contribution in [2.75, 3.05) is 45.8 Å². The topological polar surface area (TPSA) is 38.8 Å². The average Bonchev–Trinajstić information content (AvgIpc) is 3.42. The van der Waals surface area contributed by atoms with Crippen LogP contribution < -0.4 is 5.32 Å². The molecule has 3 aliphatic heterocycles. The van der Waals surface area contributed by atoms with Gasteiger partial charge in [0.1, 0.15) is 0 Å². The molecule has 0 aromatic heterocycles. The number of hydrogen-bond donors (Lipinski definition) is 1. The van der Waals surface area contributed by atoms with Crippen LogP contribution in [0.15, 0.2) is 42.5 Å². The van der Waals surface area contributed by atoms with Gasteiger partial charge in [0.25, 0.3) is 0 Å². The Morgan fingerprint density at radius 3 is 2.54 bits per heavy atom. The van der Waals surface area contributed by atoms with Crippen molar-refractivity contribution < 1.29 is 4.79 Å². The highest BCUT2D eigenvalue weighted by molar-refractivity contribution is 5.75. The minimum Gasteiger partial charge on any atom is -0.330 e. The Hall–Kier alpha value is -1.85. The Morgan fingerprint density at radius 2 is 1.81 bits per heavy atom. The number of carbonyl (C=O) groups is 1. The molecule has 2 atom stereocenters. The van der Waals surface area contributed by atoms with Gasteiger partial charge < -0.3 is 15.1 Å². The van der Waals surface area contributed by atoms with Crippen LogP contribution in [0.3, 0.4) is 0 Å². The van der Waals surface area contributed by atoms with Gasteiger partial charge in [-0.15, -0.1) is 0 Å². The zero-order valence-electron chi connectivity index (χ0n) is 15.5. The number of amides is 2. The number of carbonyl (C=O) groups excluding carboxylic acids is 1. The minimum absolute atomic E-state index is 0.0642. The molecule has 26 heavy (non-hydrogen) atoms. The van der Waals surface area contributed by atoms with E-state index in [-0.39, 0.29) is 12.1 Å². The predicted molar refractivity (Wildman–Crippen MR) is 104 cm³/mol. The van der Waals surface area contributed by atoms with Crippen LogP contribution in [0.2, 0.25) is 0 Å². The largest absolute Gasteiger partial charge is 0.330 e. The molecule has 5 heteroatoms. The van der Waals surface area contributed by atoms with Crippen molar-refractivity contribution in [2.24, 2.45) is 0 Å². The molecule has 3 heterocycles. The summed E-state index contributed by atoms with van der Waals surface area (Å²) < 4.78 is 0. The Labute approximate surface area is 156 Å². The average molecular weight is 354 g/mol. The van der Waals surface area contributed by atoms with E-state index >= 15 is 0 Å². The summed E-state index contributed by atoms with van der Waals surface area (Å²) in [6.45, 7) is 6.96. The molecular weight excluding hydrogens is 324 g/mol. The van der Waals surface area contributed by atoms with E-state index in [1.54, 1.807) is 0 Å². The van der Waals surface area contributed by atoms with Gasteiger partial charge >= 0.3 is 6.03 Å². The van der Waals surface area contributed by atoms with Crippen molar-refractivity contribution in [1.29, 1.82) is 0 Å². The first-order valence-corrected chi connectivity index (χ1v) is 10.0. The van der Waals surface area contributed by atoms with E-state index in [1.165, 1.54) is 18.4 Å². The quantitative estimate of drug-likeness (QED) is 0.826. The van der Waals surface area contributed by atoms with Crippen molar-refractivity contribution in [1.82, 2.24) is 20.0 Å². The molecule has 1 aromatic carbocycles. The molecule has 0 radical (unpaired) electrons. The minimum atomic E-state index is 0.0642. The predicted octanol–water partition coefficient (Wildman–Crippen LogP) is 2.48. The lowest BCUT2D eigenvalue weighted by molar-refractivity contribution is 0.191. The molecule has 0 unspecified atom stereocenters. The molecule has 0 aliphatic carbocycles. The Balaban J connectivity index is 1.37. The SMILES string of the molecule is O=C(N[C@H](CN1CCCC1)c1ccccc1)N1CC[C@H](N2CC=CC2)C1. The summed E-state index contributed by atoms with van der Waals surface area (Å²) in [5.74, 6) is 0. The van der Waals surface area contributed by atoms with Crippen LogP contribution in [0.25, 0.3) is 0 Å². The highest BCUT2D eigenvalue weighted by Gasteiger charge is 2.31. The third-order valence-corrected chi connectivity index (χ3v) is 5.95. The van der Waals surface area contributed by atoms with Crippen molar-refractivity contribution in [3.05, 3.63) is 48.0 Å². The van der Waals surface area contributed by atoms with E-state index in [0.29, 0.717) is 6.04 Å². The lowest BCUT2D eigenvalue weighted by Gasteiger charge is -2.28. The van der Waals surface area contributed by atoms with Crippen LogP contribution in [0.1, 0.15) is 30.9 Å². The first-order valence-electron chi connectivity index (χ1n) is 10.0. The number of nitrogens with zero attached hydrogens (tertiary/aromatic N) is 3. The molecule has 3 aliphatic rings. The van der Waals surface area contributed by atoms with Crippen LogP contribution in [-0.4, -0.2) is 72.6 Å². The third-order valence-electron chi connectivity index (χ3n) is 5.95. The molecule has 0 saturated carbocycles. The Bertz CT molecular complexity index is 618. The van der Waals surface area contributed by atoms with Crippen molar-refractivity contribution in [3.8, 4) is 0 Å². The van der Waals surface area contributed by atoms with Gasteiger partial charge in [-0.3, -0.25) is 4.90 Å². The summed E-state index contributed by atoms with van der Waals surface area (Å²) in [6, 6.07) is 11.1. The zero-order chi connectivity index (χ0) is 17.8. The van der Waals surface area contributed by atoms with Gasteiger partial charge in [0, 0.05) is 38.8 Å². The van der Waals surface area contributed by atoms with Crippen LogP contribution in [0, 0.1) is 0 Å². The number of hydrogen-bond acceptors (Lipinski definition) is 3. The smallest absolute Gasteiger partial charge is 0.317 e. The van der Waals surface area contributed by atoms with E-state index < -0.39 is 0 Å². The van der Waals surface area contributed by atoms with Gasteiger partial charge in [-0.05, 0) is 37.9 Å². The second kappa shape index (κ2) is 8.23. The summed E-state index contributed by atoms with van der Waals surface area (Å²) in [4.78, 5) is 19.9. The van der Waals surface area contributed by atoms with Crippen LogP contribution in [0.5, 0.6) is 0 Å². The van der Waals surface area contributed by atoms with E-state index in [4.69, 9.17) is 0 Å². The summed E-state index contributed by atoms with van der Waals surface area (Å²) in [5, 5.41) is 3.32. The van der Waals surface area contributed by atoms with Gasteiger partial charge in [0.15, 0.2) is 0 Å². The maximum atomic E-state index is 12.9. The molecule has 2 amide bonds. The molecule has 1 aromatic rings. The summed E-state index contributed by atoms with van der Waals surface area (Å²) in [7, 11) is 0. The molecule has 140 valence electrons. The van der Waals surface area contributed by atoms with Crippen molar-refractivity contribution in [2.45, 2.75) is 31.3 Å². The monoisotopic (exact) mass is 354 g/mol. The van der Waals surface area contributed by atoms with Crippen molar-refractivity contribution in [3.63, 3.8) is 0 Å². The highest BCUT2D eigenvalue weighted by Crippen LogP contribution is 2.21. The summed E-state index contributed by atoms with van der Waals surface area (Å²) >= 11 is 0. The van der Waals surface area contributed by atoms with Gasteiger partial charge in [-0.25, -0.2) is 4.79 Å². The molecule has 4 rings (SSSR count). The molecule has 2 saturated heterocycles. The maximum Gasteiger partial charge on any atom is 0.317 e. The van der Waals surface area contributed by atoms with E-state index in [2.05, 4.69) is 51.5 Å². The molecule has 0 spiro atoms. The summed E-state index contributed by atoms with van der Waals surface area (Å²) in [6.07, 6.45) is 8.08. The fraction of sp³-hybridized carbons (Fsp3) is 0.571. The lowest BCUT2D eigenvalue weighted by Crippen LogP contribution is -2.45. The molecule has 2 fully saturated rings. The fourth-order valence-electron chi connectivity index (χ4n) is 4.40. The Kier molecular flexibility index (Phi) is 5.56. The number of likely N-dealkylation sites (tertiary alicyclic amines) is 2.